The minimum absolute atomic E-state index is 0.225. The van der Waals surface area contributed by atoms with Crippen LogP contribution < -0.4 is 50.0 Å². The molecule has 0 saturated heterocycles. The molecule has 16 heteroatoms. The first-order chi connectivity index (χ1) is 49.5. The van der Waals surface area contributed by atoms with Crippen molar-refractivity contribution in [2.75, 3.05) is 39.6 Å². The van der Waals surface area contributed by atoms with Gasteiger partial charge in [-0.1, -0.05) is 195 Å². The van der Waals surface area contributed by atoms with E-state index in [9.17, 15) is 4.79 Å². The number of H-pyrrole nitrogens is 1. The monoisotopic (exact) mass is 1380 g/mol. The Morgan fingerprint density at radius 1 is 0.529 bits per heavy atom. The summed E-state index contributed by atoms with van der Waals surface area (Å²) in [5, 5.41) is 8.42. The summed E-state index contributed by atoms with van der Waals surface area (Å²) >= 11 is 0. The zero-order chi connectivity index (χ0) is 72.1. The molecule has 3 N–H and O–H groups in total. The largest absolute Gasteiger partial charge is 0.490 e. The van der Waals surface area contributed by atoms with Crippen LogP contribution in [0, 0.1) is 11.3 Å². The van der Waals surface area contributed by atoms with Crippen LogP contribution in [0.1, 0.15) is 209 Å². The number of fused-ring (bicyclic) bond motifs is 17. The van der Waals surface area contributed by atoms with Crippen LogP contribution in [0.5, 0.6) is 34.5 Å². The van der Waals surface area contributed by atoms with Gasteiger partial charge in [-0.2, -0.15) is 0 Å². The second-order valence-electron chi connectivity index (χ2n) is 27.8. The SMILES string of the molecule is CCCCOc1cc2c(cc1OCCCC)/C1=N/C3=C4C=CC(NC(=O)/C(C)=C/C=C/C(C)=C/C=C/C=C(C)/C=C/C=C(C)/C=C/C5=C(C)CCCC5(C)C)=CC4C(/N=C4\N=C(N=c5[nH]c(c6cc(OCCCC)c(OCCCC)cc56)=NC2=N1)c1cc(OCCCC)c(OCCCC)cc14)N3. The molecule has 16 nitrogen and oxygen atoms in total. The highest BCUT2D eigenvalue weighted by Crippen LogP contribution is 2.43. The molecule has 3 aromatic carbocycles. The molecule has 538 valence electrons. The Bertz CT molecular complexity index is 4410. The number of aromatic nitrogens is 1. The Labute approximate surface area is 605 Å². The minimum Gasteiger partial charge on any atom is -0.490 e. The second-order valence-corrected chi connectivity index (χ2v) is 27.8. The Morgan fingerprint density at radius 3 is 1.42 bits per heavy atom. The molecule has 2 aliphatic carbocycles. The zero-order valence-electron chi connectivity index (χ0n) is 62.7. The predicted octanol–water partition coefficient (Wildman–Crippen LogP) is 18.8. The molecule has 4 aromatic rings. The summed E-state index contributed by atoms with van der Waals surface area (Å²) in [5.41, 5.74) is 12.5. The first-order valence-corrected chi connectivity index (χ1v) is 37.5. The molecule has 1 aromatic heterocycles. The number of aromatic amines is 1. The van der Waals surface area contributed by atoms with E-state index in [0.717, 1.165) is 127 Å². The Morgan fingerprint density at radius 2 is 0.951 bits per heavy atom. The first-order valence-electron chi connectivity index (χ1n) is 37.5. The number of allylic oxidation sites excluding steroid dienone is 19. The molecule has 1 amide bonds. The van der Waals surface area contributed by atoms with Gasteiger partial charge in [0, 0.05) is 55.8 Å². The number of aliphatic imine (C=N–C) groups is 4. The van der Waals surface area contributed by atoms with Gasteiger partial charge in [-0.3, -0.25) is 4.79 Å². The number of carbonyl (C=O) groups is 1. The van der Waals surface area contributed by atoms with Crippen LogP contribution in [0.4, 0.5) is 0 Å². The molecule has 10 rings (SSSR count). The highest BCUT2D eigenvalue weighted by atomic mass is 16.5. The number of nitrogens with one attached hydrogen (secondary N) is 3. The maximum absolute atomic E-state index is 14.2. The number of rotatable bonds is 34. The van der Waals surface area contributed by atoms with Crippen molar-refractivity contribution >= 4 is 40.0 Å². The third kappa shape index (κ3) is 19.1. The van der Waals surface area contributed by atoms with Gasteiger partial charge in [0.15, 0.2) is 57.8 Å². The molecule has 4 aliphatic heterocycles. The van der Waals surface area contributed by atoms with E-state index in [1.807, 2.05) is 98.9 Å². The molecule has 2 unspecified atom stereocenters. The van der Waals surface area contributed by atoms with Crippen LogP contribution in [0.15, 0.2) is 208 Å². The van der Waals surface area contributed by atoms with E-state index < -0.39 is 12.1 Å². The molecular weight excluding hydrogens is 1270 g/mol. The van der Waals surface area contributed by atoms with Crippen LogP contribution in [-0.4, -0.2) is 80.0 Å². The molecular formula is C86H107N9O7. The van der Waals surface area contributed by atoms with E-state index in [0.29, 0.717) is 126 Å². The number of carbonyl (C=O) groups excluding carboxylic acids is 1. The maximum atomic E-state index is 14.2. The number of nitrogens with zero attached hydrogens (tertiary/aromatic N) is 6. The van der Waals surface area contributed by atoms with Crippen molar-refractivity contribution in [3.8, 4) is 34.5 Å². The summed E-state index contributed by atoms with van der Waals surface area (Å²) in [6.07, 6.45) is 44.9. The van der Waals surface area contributed by atoms with Gasteiger partial charge >= 0.3 is 0 Å². The quantitative estimate of drug-likeness (QED) is 0.0234. The third-order valence-corrected chi connectivity index (χ3v) is 18.8. The van der Waals surface area contributed by atoms with Gasteiger partial charge in [-0.25, -0.2) is 30.0 Å². The van der Waals surface area contributed by atoms with Crippen molar-refractivity contribution in [1.29, 1.82) is 0 Å². The van der Waals surface area contributed by atoms with E-state index >= 15 is 0 Å². The molecule has 0 fully saturated rings. The molecule has 6 aliphatic rings. The number of amidine groups is 4. The Balaban J connectivity index is 1.03. The van der Waals surface area contributed by atoms with E-state index in [-0.39, 0.29) is 11.3 Å². The Hall–Kier alpha value is -9.57. The fourth-order valence-electron chi connectivity index (χ4n) is 12.7. The van der Waals surface area contributed by atoms with Crippen LogP contribution in [0.3, 0.4) is 0 Å². The van der Waals surface area contributed by atoms with Crippen molar-refractivity contribution in [3.63, 3.8) is 0 Å². The van der Waals surface area contributed by atoms with Crippen LogP contribution in [-0.2, 0) is 4.79 Å². The van der Waals surface area contributed by atoms with Gasteiger partial charge in [0.05, 0.1) is 39.6 Å². The van der Waals surface area contributed by atoms with Crippen LogP contribution in [0.25, 0.3) is 10.8 Å². The molecule has 0 spiro atoms. The van der Waals surface area contributed by atoms with Gasteiger partial charge < -0.3 is 44.0 Å². The highest BCUT2D eigenvalue weighted by Gasteiger charge is 2.38. The summed E-state index contributed by atoms with van der Waals surface area (Å²) in [6.45, 7) is 31.0. The van der Waals surface area contributed by atoms with Crippen LogP contribution in [0.2, 0.25) is 0 Å². The highest BCUT2D eigenvalue weighted by molar-refractivity contribution is 6.24. The average Bonchev–Trinajstić information content (AvgIpc) is 1.59. The summed E-state index contributed by atoms with van der Waals surface area (Å²) < 4.78 is 39.3. The van der Waals surface area contributed by atoms with E-state index in [1.54, 1.807) is 0 Å². The van der Waals surface area contributed by atoms with E-state index in [2.05, 4.69) is 134 Å². The number of benzene rings is 3. The first kappa shape index (κ1) is 75.1. The lowest BCUT2D eigenvalue weighted by Crippen LogP contribution is -2.30. The number of hydrogen-bond donors (Lipinski definition) is 3. The lowest BCUT2D eigenvalue weighted by molar-refractivity contribution is -0.116. The fraction of sp³-hybridized carbons (Fsp3) is 0.430. The van der Waals surface area contributed by atoms with Crippen molar-refractivity contribution in [3.05, 3.63) is 211 Å². The minimum atomic E-state index is -0.678. The standard InChI is InChI=1S/C86H107N9O7/c1-14-20-43-97-71-50-64-65(51-72(71)98-44-21-15-2)81-91-79(64)89-77-62-40-39-61(87-85(96)60(11)36-29-35-57(8)32-27-26-31-56(7)33-28-34-58(9)38-41-70-59(10)37-30-42-86(70,12)13)49-63(62)78(88-77)90-80-66-52-73(99-45-22-16-3)74(100-46-23-17-4)53-67(66)82(92-80)94-84-69-55-76(102-48-25-19-6)75(101-47-24-18-5)54-68(69)83(93-81)95-84/h26-29,31-36,38-41,49-55,63,78,88H,14-25,30,37,42-48H2,1-13H3,(H,87,96)(H,89,90,91,92,93,94,95)/b27-26+,33-28+,35-29+,41-38+,56-31+,57-32+,58-34+,60-36+. The van der Waals surface area contributed by atoms with Gasteiger partial charge in [-0.05, 0) is 152 Å². The molecule has 102 heavy (non-hydrogen) atoms. The summed E-state index contributed by atoms with van der Waals surface area (Å²) in [5.74, 6) is 5.17. The normalized spacial score (nSPS) is 19.1. The van der Waals surface area contributed by atoms with Crippen molar-refractivity contribution in [1.82, 2.24) is 15.6 Å². The van der Waals surface area contributed by atoms with Crippen LogP contribution >= 0.6 is 0 Å². The summed E-state index contributed by atoms with van der Waals surface area (Å²) in [6, 6.07) is 11.9. The summed E-state index contributed by atoms with van der Waals surface area (Å²) in [4.78, 5) is 50.4. The topological polar surface area (TPSA) is 186 Å². The number of ether oxygens (including phenoxy) is 6. The predicted molar refractivity (Wildman–Crippen MR) is 417 cm³/mol. The molecule has 0 saturated carbocycles. The number of hydrogen-bond acceptors (Lipinski definition) is 14. The lowest BCUT2D eigenvalue weighted by Gasteiger charge is -2.32. The van der Waals surface area contributed by atoms with Gasteiger partial charge in [0.25, 0.3) is 5.91 Å². The van der Waals surface area contributed by atoms with Gasteiger partial charge in [0.2, 0.25) is 0 Å². The van der Waals surface area contributed by atoms with Crippen molar-refractivity contribution in [2.45, 2.75) is 192 Å². The molecule has 5 heterocycles. The lowest BCUT2D eigenvalue weighted by atomic mass is 9.72. The average molecular weight is 1380 g/mol. The smallest absolute Gasteiger partial charge is 0.251 e. The molecule has 0 radical (unpaired) electrons. The molecule has 2 atom stereocenters. The second kappa shape index (κ2) is 36.3. The van der Waals surface area contributed by atoms with Gasteiger partial charge in [-0.15, -0.1) is 0 Å². The van der Waals surface area contributed by atoms with E-state index in [1.165, 1.54) is 36.0 Å². The maximum Gasteiger partial charge on any atom is 0.251 e. The van der Waals surface area contributed by atoms with Crippen molar-refractivity contribution < 1.29 is 33.2 Å². The van der Waals surface area contributed by atoms with Crippen molar-refractivity contribution in [2.24, 2.45) is 41.3 Å². The number of amides is 1. The fourth-order valence-corrected chi connectivity index (χ4v) is 12.7. The van der Waals surface area contributed by atoms with Gasteiger partial charge in [0.1, 0.15) is 23.0 Å². The van der Waals surface area contributed by atoms with E-state index in [4.69, 9.17) is 58.4 Å². The third-order valence-electron chi connectivity index (χ3n) is 18.8. The molecule has 8 bridgehead atoms. The summed E-state index contributed by atoms with van der Waals surface area (Å²) in [7, 11) is 0. The number of unbranched alkanes of at least 4 members (excludes halogenated alkanes) is 6. The zero-order valence-corrected chi connectivity index (χ0v) is 62.7. The Kier molecular flexibility index (Phi) is 26.8.